The van der Waals surface area contributed by atoms with Gasteiger partial charge in [-0.1, -0.05) is 170 Å². The van der Waals surface area contributed by atoms with Crippen molar-refractivity contribution in [1.29, 1.82) is 0 Å². The van der Waals surface area contributed by atoms with E-state index in [4.69, 9.17) is 9.72 Å². The van der Waals surface area contributed by atoms with Crippen LogP contribution < -0.4 is 14.5 Å². The zero-order valence-corrected chi connectivity index (χ0v) is 42.6. The summed E-state index contributed by atoms with van der Waals surface area (Å²) in [6.07, 6.45) is 0. The van der Waals surface area contributed by atoms with Crippen molar-refractivity contribution < 1.29 is 4.74 Å². The highest BCUT2D eigenvalue weighted by molar-refractivity contribution is 6.28. The van der Waals surface area contributed by atoms with Gasteiger partial charge in [0.15, 0.2) is 0 Å². The van der Waals surface area contributed by atoms with E-state index in [-0.39, 0.29) is 5.41 Å². The Balaban J connectivity index is 1.00. The maximum atomic E-state index is 7.27. The summed E-state index contributed by atoms with van der Waals surface area (Å²) in [7, 11) is 0. The van der Waals surface area contributed by atoms with Crippen molar-refractivity contribution in [2.45, 2.75) is 65.7 Å². The highest BCUT2D eigenvalue weighted by Crippen LogP contribution is 2.48. The number of hydrogen-bond donors (Lipinski definition) is 0. The van der Waals surface area contributed by atoms with E-state index in [0.717, 1.165) is 61.6 Å². The average molecular weight is 947 g/mol. The molecular weight excluding hydrogens is 889 g/mol. The third-order valence-electron chi connectivity index (χ3n) is 15.3. The molecule has 0 saturated heterocycles. The lowest BCUT2D eigenvalue weighted by molar-refractivity contribution is 0.483. The SMILES string of the molecule is CC(C)c1cccc(C(C)C)c1-c1cc(Oc2ccc3c4ccccc4n(-c4nc5ccc6ccccc6c5c5c4ccc4ccccc45)c3c2)cc(N2CN(c3ccc(C(C)(C)C)cc3)c3ccccc32)c1. The van der Waals surface area contributed by atoms with Gasteiger partial charge in [-0.25, -0.2) is 4.98 Å². The second-order valence-electron chi connectivity index (χ2n) is 21.6. The van der Waals surface area contributed by atoms with E-state index >= 15 is 0 Å². The molecule has 0 N–H and O–H groups in total. The Labute approximate surface area is 427 Å². The van der Waals surface area contributed by atoms with Crippen LogP contribution in [0.5, 0.6) is 11.5 Å². The van der Waals surface area contributed by atoms with Crippen LogP contribution in [0.25, 0.3) is 82.0 Å². The first kappa shape index (κ1) is 44.5. The van der Waals surface area contributed by atoms with E-state index in [1.165, 1.54) is 71.3 Å². The number of benzene rings is 10. The van der Waals surface area contributed by atoms with E-state index in [9.17, 15) is 0 Å². The lowest BCUT2D eigenvalue weighted by Crippen LogP contribution is -2.24. The molecule has 3 heterocycles. The van der Waals surface area contributed by atoms with Gasteiger partial charge >= 0.3 is 0 Å². The molecule has 0 amide bonds. The largest absolute Gasteiger partial charge is 0.457 e. The topological polar surface area (TPSA) is 33.5 Å². The van der Waals surface area contributed by atoms with E-state index in [1.54, 1.807) is 0 Å². The maximum Gasteiger partial charge on any atom is 0.146 e. The highest BCUT2D eigenvalue weighted by Gasteiger charge is 2.30. The summed E-state index contributed by atoms with van der Waals surface area (Å²) in [4.78, 5) is 10.5. The number of para-hydroxylation sites is 3. The molecule has 5 nitrogen and oxygen atoms in total. The van der Waals surface area contributed by atoms with Crippen LogP contribution in [0.15, 0.2) is 200 Å². The minimum atomic E-state index is 0.0688. The van der Waals surface area contributed by atoms with E-state index in [2.05, 4.69) is 263 Å². The predicted octanol–water partition coefficient (Wildman–Crippen LogP) is 19.0. The second-order valence-corrected chi connectivity index (χ2v) is 21.6. The third kappa shape index (κ3) is 7.40. The first-order valence-electron chi connectivity index (χ1n) is 25.9. The number of fused-ring (bicyclic) bond motifs is 11. The van der Waals surface area contributed by atoms with E-state index < -0.39 is 0 Å². The van der Waals surface area contributed by atoms with Crippen molar-refractivity contribution in [2.24, 2.45) is 0 Å². The highest BCUT2D eigenvalue weighted by atomic mass is 16.5. The Morgan fingerprint density at radius 1 is 0.466 bits per heavy atom. The van der Waals surface area contributed by atoms with Crippen molar-refractivity contribution in [1.82, 2.24) is 9.55 Å². The number of ether oxygens (including phenoxy) is 1. The van der Waals surface area contributed by atoms with Gasteiger partial charge in [-0.05, 0) is 133 Å². The Kier molecular flexibility index (Phi) is 10.4. The molecule has 0 bridgehead atoms. The Hall–Kier alpha value is -8.41. The van der Waals surface area contributed by atoms with Crippen LogP contribution in [0, 0.1) is 0 Å². The number of aromatic nitrogens is 2. The van der Waals surface area contributed by atoms with Gasteiger partial charge in [0.05, 0.1) is 27.9 Å². The summed E-state index contributed by atoms with van der Waals surface area (Å²) in [6.45, 7) is 16.7. The molecule has 0 saturated carbocycles. The number of anilines is 4. The molecule has 0 fully saturated rings. The summed E-state index contributed by atoms with van der Waals surface area (Å²) in [5.74, 6) is 3.07. The number of nitrogens with zero attached hydrogens (tertiary/aromatic N) is 4. The molecule has 2 aromatic heterocycles. The molecule has 12 aromatic rings. The van der Waals surface area contributed by atoms with Crippen molar-refractivity contribution in [3.63, 3.8) is 0 Å². The smallest absolute Gasteiger partial charge is 0.146 e. The summed E-state index contributed by atoms with van der Waals surface area (Å²) in [5.41, 5.74) is 14.2. The third-order valence-corrected chi connectivity index (χ3v) is 15.3. The normalized spacial score (nSPS) is 13.0. The number of hydrogen-bond acceptors (Lipinski definition) is 4. The van der Waals surface area contributed by atoms with Crippen LogP contribution in [0.4, 0.5) is 22.7 Å². The molecule has 0 atom stereocenters. The molecule has 10 aromatic carbocycles. The van der Waals surface area contributed by atoms with Crippen molar-refractivity contribution in [3.8, 4) is 28.4 Å². The predicted molar refractivity (Wildman–Crippen MR) is 309 cm³/mol. The molecular formula is C68H58N4O. The molecule has 0 aliphatic carbocycles. The van der Waals surface area contributed by atoms with E-state index in [1.807, 2.05) is 0 Å². The quantitative estimate of drug-likeness (QED) is 0.142. The lowest BCUT2D eigenvalue weighted by Gasteiger charge is -2.26. The minimum absolute atomic E-state index is 0.0688. The Morgan fingerprint density at radius 2 is 1.05 bits per heavy atom. The number of rotatable bonds is 8. The summed E-state index contributed by atoms with van der Waals surface area (Å²) in [6, 6.07) is 73.2. The van der Waals surface area contributed by atoms with Gasteiger partial charge in [-0.2, -0.15) is 0 Å². The molecule has 13 rings (SSSR count). The minimum Gasteiger partial charge on any atom is -0.457 e. The summed E-state index contributed by atoms with van der Waals surface area (Å²) < 4.78 is 9.63. The molecule has 1 aliphatic rings. The van der Waals surface area contributed by atoms with Gasteiger partial charge in [0.25, 0.3) is 0 Å². The van der Waals surface area contributed by atoms with Crippen LogP contribution in [-0.2, 0) is 5.41 Å². The standard InChI is InChI=1S/C68H58N4O/c1-42(2)52-22-16-23-53(43(3)4)64(52)46-37-49(71-41-70(61-25-14-15-26-62(61)71)48-31-29-47(30-32-48)68(5,6)7)39-51(38-46)73-50-33-35-57-56-21-12-13-24-60(56)72(63(57)40-50)67-58-34-27-44-17-8-10-19-54(44)65(58)66-55-20-11-9-18-45(55)28-36-59(66)69-67/h8-40,42-43H,41H2,1-7H3. The zero-order valence-electron chi connectivity index (χ0n) is 42.6. The van der Waals surface area contributed by atoms with Crippen LogP contribution in [0.2, 0.25) is 0 Å². The fourth-order valence-corrected chi connectivity index (χ4v) is 11.7. The monoisotopic (exact) mass is 946 g/mol. The van der Waals surface area contributed by atoms with Gasteiger partial charge in [0.1, 0.15) is 24.0 Å². The maximum absolute atomic E-state index is 7.27. The van der Waals surface area contributed by atoms with Crippen LogP contribution in [0.3, 0.4) is 0 Å². The first-order valence-corrected chi connectivity index (χ1v) is 25.9. The van der Waals surface area contributed by atoms with Crippen LogP contribution >= 0.6 is 0 Å². The van der Waals surface area contributed by atoms with Crippen LogP contribution in [-0.4, -0.2) is 16.2 Å². The molecule has 1 aliphatic heterocycles. The zero-order chi connectivity index (χ0) is 49.7. The molecule has 356 valence electrons. The van der Waals surface area contributed by atoms with Gasteiger partial charge in [0, 0.05) is 50.4 Å². The fraction of sp³-hybridized carbons (Fsp3) is 0.162. The first-order chi connectivity index (χ1) is 35.5. The van der Waals surface area contributed by atoms with Gasteiger partial charge in [-0.3, -0.25) is 4.57 Å². The molecule has 0 spiro atoms. The van der Waals surface area contributed by atoms with Gasteiger partial charge in [0.2, 0.25) is 0 Å². The molecule has 0 unspecified atom stereocenters. The second kappa shape index (κ2) is 17.1. The van der Waals surface area contributed by atoms with Crippen molar-refractivity contribution >= 4 is 87.8 Å². The van der Waals surface area contributed by atoms with Crippen molar-refractivity contribution in [3.05, 3.63) is 217 Å². The lowest BCUT2D eigenvalue weighted by atomic mass is 9.85. The average Bonchev–Trinajstić information content (AvgIpc) is 3.96. The number of pyridine rings is 1. The molecule has 5 heteroatoms. The van der Waals surface area contributed by atoms with Gasteiger partial charge < -0.3 is 14.5 Å². The molecule has 73 heavy (non-hydrogen) atoms. The fourth-order valence-electron chi connectivity index (χ4n) is 11.7. The Bertz CT molecular complexity index is 4130. The summed E-state index contributed by atoms with van der Waals surface area (Å²) >= 11 is 0. The van der Waals surface area contributed by atoms with Crippen LogP contribution in [0.1, 0.15) is 77.0 Å². The van der Waals surface area contributed by atoms with Crippen molar-refractivity contribution in [2.75, 3.05) is 16.5 Å². The Morgan fingerprint density at radius 3 is 1.74 bits per heavy atom. The van der Waals surface area contributed by atoms with Gasteiger partial charge in [-0.15, -0.1) is 0 Å². The summed E-state index contributed by atoms with van der Waals surface area (Å²) in [5, 5.41) is 10.6. The van der Waals surface area contributed by atoms with E-state index in [0.29, 0.717) is 18.5 Å². The molecule has 0 radical (unpaired) electrons.